The molecule has 1 heterocycles. The van der Waals surface area contributed by atoms with Crippen molar-refractivity contribution >= 4 is 17.4 Å². The number of carbonyl (C=O) groups is 1. The number of aryl methyl sites for hydroxylation is 1. The van der Waals surface area contributed by atoms with Crippen LogP contribution >= 0.6 is 0 Å². The number of Topliss-reactive ketones (excluding diaryl/α,β-unsaturated/α-hetero) is 1. The van der Waals surface area contributed by atoms with Gasteiger partial charge in [0.1, 0.15) is 11.2 Å². The molecule has 0 radical (unpaired) electrons. The van der Waals surface area contributed by atoms with Gasteiger partial charge in [-0.25, -0.2) is 0 Å². The standard InChI is InChI=1S/C14H12N2O6/c17-13(11-8-14(16(20)21)22-9-11)3-1-2-10-4-6-12(7-5-10)15(18)19/h4-9H,1-3H2. The van der Waals surface area contributed by atoms with Crippen molar-refractivity contribution in [3.63, 3.8) is 0 Å². The summed E-state index contributed by atoms with van der Waals surface area (Å²) in [4.78, 5) is 31.7. The van der Waals surface area contributed by atoms with Crippen LogP contribution in [0.4, 0.5) is 11.6 Å². The predicted molar refractivity (Wildman–Crippen MR) is 75.7 cm³/mol. The van der Waals surface area contributed by atoms with Crippen LogP contribution in [0.1, 0.15) is 28.8 Å². The van der Waals surface area contributed by atoms with E-state index in [9.17, 15) is 25.0 Å². The van der Waals surface area contributed by atoms with Gasteiger partial charge in [0.15, 0.2) is 5.78 Å². The van der Waals surface area contributed by atoms with Crippen molar-refractivity contribution in [2.24, 2.45) is 0 Å². The van der Waals surface area contributed by atoms with Crippen LogP contribution in [0.25, 0.3) is 0 Å². The SMILES string of the molecule is O=C(CCCc1ccc([N+](=O)[O-])cc1)c1coc([N+](=O)[O-])c1. The van der Waals surface area contributed by atoms with Gasteiger partial charge in [0.2, 0.25) is 0 Å². The highest BCUT2D eigenvalue weighted by molar-refractivity contribution is 5.96. The molecule has 0 unspecified atom stereocenters. The van der Waals surface area contributed by atoms with Crippen LogP contribution in [-0.2, 0) is 6.42 Å². The number of furan rings is 1. The number of rotatable bonds is 7. The molecule has 2 aromatic rings. The number of carbonyl (C=O) groups excluding carboxylic acids is 1. The highest BCUT2D eigenvalue weighted by Crippen LogP contribution is 2.18. The lowest BCUT2D eigenvalue weighted by Crippen LogP contribution is -1.98. The van der Waals surface area contributed by atoms with Gasteiger partial charge in [-0.3, -0.25) is 25.0 Å². The first-order chi connectivity index (χ1) is 10.5. The van der Waals surface area contributed by atoms with Gasteiger partial charge in [-0.15, -0.1) is 0 Å². The molecule has 8 nitrogen and oxygen atoms in total. The fourth-order valence-electron chi connectivity index (χ4n) is 1.95. The summed E-state index contributed by atoms with van der Waals surface area (Å²) in [6, 6.07) is 7.22. The zero-order valence-corrected chi connectivity index (χ0v) is 11.4. The van der Waals surface area contributed by atoms with Gasteiger partial charge >= 0.3 is 5.88 Å². The van der Waals surface area contributed by atoms with Gasteiger partial charge in [0.25, 0.3) is 5.69 Å². The van der Waals surface area contributed by atoms with Crippen molar-refractivity contribution in [1.82, 2.24) is 0 Å². The molecule has 0 aliphatic rings. The summed E-state index contributed by atoms with van der Waals surface area (Å²) in [6.07, 6.45) is 2.42. The minimum Gasteiger partial charge on any atom is -0.408 e. The molecule has 0 spiro atoms. The van der Waals surface area contributed by atoms with Crippen LogP contribution in [0.2, 0.25) is 0 Å². The lowest BCUT2D eigenvalue weighted by molar-refractivity contribution is -0.402. The topological polar surface area (TPSA) is 116 Å². The van der Waals surface area contributed by atoms with E-state index in [4.69, 9.17) is 0 Å². The van der Waals surface area contributed by atoms with Gasteiger partial charge in [-0.1, -0.05) is 12.1 Å². The Morgan fingerprint density at radius 2 is 1.77 bits per heavy atom. The average molecular weight is 304 g/mol. The zero-order chi connectivity index (χ0) is 16.1. The Kier molecular flexibility index (Phi) is 4.62. The van der Waals surface area contributed by atoms with Crippen LogP contribution in [0.3, 0.4) is 0 Å². The third-order valence-corrected chi connectivity index (χ3v) is 3.10. The predicted octanol–water partition coefficient (Wildman–Crippen LogP) is 3.30. The molecule has 0 N–H and O–H groups in total. The molecule has 0 amide bonds. The van der Waals surface area contributed by atoms with Gasteiger partial charge in [0, 0.05) is 18.6 Å². The second-order valence-electron chi connectivity index (χ2n) is 4.63. The highest BCUT2D eigenvalue weighted by atomic mass is 16.6. The van der Waals surface area contributed by atoms with Crippen LogP contribution in [-0.4, -0.2) is 15.6 Å². The third-order valence-electron chi connectivity index (χ3n) is 3.10. The minimum absolute atomic E-state index is 0.0190. The number of nitro groups is 2. The maximum atomic E-state index is 11.8. The maximum Gasteiger partial charge on any atom is 0.433 e. The van der Waals surface area contributed by atoms with E-state index in [1.54, 1.807) is 12.1 Å². The summed E-state index contributed by atoms with van der Waals surface area (Å²) in [5.41, 5.74) is 1.08. The van der Waals surface area contributed by atoms with Crippen LogP contribution < -0.4 is 0 Å². The summed E-state index contributed by atoms with van der Waals surface area (Å²) in [5.74, 6) is -0.697. The summed E-state index contributed by atoms with van der Waals surface area (Å²) in [7, 11) is 0. The second-order valence-corrected chi connectivity index (χ2v) is 4.63. The summed E-state index contributed by atoms with van der Waals surface area (Å²) in [5, 5.41) is 21.0. The van der Waals surface area contributed by atoms with Crippen molar-refractivity contribution in [3.05, 3.63) is 68.0 Å². The number of hydrogen-bond donors (Lipinski definition) is 0. The molecule has 0 aliphatic carbocycles. The van der Waals surface area contributed by atoms with Gasteiger partial charge in [0.05, 0.1) is 16.6 Å². The number of non-ortho nitro benzene ring substituents is 1. The Bertz CT molecular complexity index is 704. The second kappa shape index (κ2) is 6.61. The minimum atomic E-state index is -0.701. The molecule has 0 aliphatic heterocycles. The fraction of sp³-hybridized carbons (Fsp3) is 0.214. The Morgan fingerprint density at radius 1 is 1.09 bits per heavy atom. The van der Waals surface area contributed by atoms with Gasteiger partial charge in [-0.05, 0) is 18.4 Å². The number of nitrogens with zero attached hydrogens (tertiary/aromatic N) is 2. The molecule has 22 heavy (non-hydrogen) atoms. The lowest BCUT2D eigenvalue weighted by atomic mass is 10.0. The Balaban J connectivity index is 1.86. The van der Waals surface area contributed by atoms with E-state index < -0.39 is 15.7 Å². The number of nitro benzene ring substituents is 1. The lowest BCUT2D eigenvalue weighted by Gasteiger charge is -2.00. The molecule has 0 bridgehead atoms. The van der Waals surface area contributed by atoms with Gasteiger partial charge in [-0.2, -0.15) is 0 Å². The molecular weight excluding hydrogens is 292 g/mol. The molecule has 1 aromatic heterocycles. The molecular formula is C14H12N2O6. The molecule has 114 valence electrons. The first-order valence-corrected chi connectivity index (χ1v) is 6.47. The maximum absolute atomic E-state index is 11.8. The van der Waals surface area contributed by atoms with E-state index >= 15 is 0 Å². The Hall–Kier alpha value is -3.03. The third kappa shape index (κ3) is 3.75. The normalized spacial score (nSPS) is 10.4. The average Bonchev–Trinajstić information content (AvgIpc) is 2.98. The molecule has 0 saturated carbocycles. The van der Waals surface area contributed by atoms with Crippen molar-refractivity contribution in [2.45, 2.75) is 19.3 Å². The smallest absolute Gasteiger partial charge is 0.408 e. The Morgan fingerprint density at radius 3 is 2.32 bits per heavy atom. The van der Waals surface area contributed by atoms with Crippen LogP contribution in [0.15, 0.2) is 41.0 Å². The van der Waals surface area contributed by atoms with E-state index in [-0.39, 0.29) is 23.5 Å². The molecule has 8 heteroatoms. The van der Waals surface area contributed by atoms with E-state index in [2.05, 4.69) is 4.42 Å². The first kappa shape index (κ1) is 15.4. The number of ketones is 1. The first-order valence-electron chi connectivity index (χ1n) is 6.47. The number of benzene rings is 1. The Labute approximate surface area is 124 Å². The summed E-state index contributed by atoms with van der Waals surface area (Å²) < 4.78 is 4.66. The van der Waals surface area contributed by atoms with Crippen molar-refractivity contribution < 1.29 is 19.1 Å². The molecule has 0 fully saturated rings. The molecule has 1 aromatic carbocycles. The van der Waals surface area contributed by atoms with Gasteiger partial charge < -0.3 is 4.42 Å². The highest BCUT2D eigenvalue weighted by Gasteiger charge is 2.16. The zero-order valence-electron chi connectivity index (χ0n) is 11.4. The fourth-order valence-corrected chi connectivity index (χ4v) is 1.95. The van der Waals surface area contributed by atoms with Crippen LogP contribution in [0, 0.1) is 20.2 Å². The molecule has 2 rings (SSSR count). The largest absolute Gasteiger partial charge is 0.433 e. The van der Waals surface area contributed by atoms with E-state index in [1.165, 1.54) is 12.1 Å². The van der Waals surface area contributed by atoms with Crippen LogP contribution in [0.5, 0.6) is 0 Å². The van der Waals surface area contributed by atoms with E-state index in [1.807, 2.05) is 0 Å². The monoisotopic (exact) mass is 304 g/mol. The quantitative estimate of drug-likeness (QED) is 0.440. The number of hydrogen-bond acceptors (Lipinski definition) is 6. The van der Waals surface area contributed by atoms with E-state index in [0.29, 0.717) is 12.8 Å². The molecule has 0 atom stereocenters. The molecule has 0 saturated heterocycles. The van der Waals surface area contributed by atoms with Crippen molar-refractivity contribution in [2.75, 3.05) is 0 Å². The van der Waals surface area contributed by atoms with E-state index in [0.717, 1.165) is 17.9 Å². The van der Waals surface area contributed by atoms with Crippen molar-refractivity contribution in [1.29, 1.82) is 0 Å². The van der Waals surface area contributed by atoms with Crippen molar-refractivity contribution in [3.8, 4) is 0 Å². The summed E-state index contributed by atoms with van der Waals surface area (Å²) >= 11 is 0. The summed E-state index contributed by atoms with van der Waals surface area (Å²) in [6.45, 7) is 0.